The van der Waals surface area contributed by atoms with Gasteiger partial charge in [-0.25, -0.2) is 8.78 Å². The fourth-order valence-corrected chi connectivity index (χ4v) is 4.56. The smallest absolute Gasteiger partial charge is 0.126 e. The Morgan fingerprint density at radius 3 is 2.13 bits per heavy atom. The first kappa shape index (κ1) is 21.4. The lowest BCUT2D eigenvalue weighted by Gasteiger charge is -2.43. The average Bonchev–Trinajstić information content (AvgIpc) is 2.68. The van der Waals surface area contributed by atoms with Crippen LogP contribution in [0.25, 0.3) is 0 Å². The average molecular weight is 468 g/mol. The molecule has 7 heteroatoms. The molecule has 3 aromatic rings. The van der Waals surface area contributed by atoms with Crippen LogP contribution >= 0.6 is 34.8 Å². The molecule has 0 N–H and O–H groups in total. The maximum absolute atomic E-state index is 13.6. The van der Waals surface area contributed by atoms with Crippen LogP contribution in [0, 0.1) is 11.6 Å². The Balaban J connectivity index is 1.63. The van der Waals surface area contributed by atoms with E-state index < -0.39 is 11.6 Å². The lowest BCUT2D eigenvalue weighted by Crippen LogP contribution is -2.48. The van der Waals surface area contributed by atoms with Gasteiger partial charge in [-0.3, -0.25) is 4.90 Å². The molecule has 4 rings (SSSR count). The van der Waals surface area contributed by atoms with Crippen molar-refractivity contribution in [1.82, 2.24) is 4.90 Å². The summed E-state index contributed by atoms with van der Waals surface area (Å²) in [5.74, 6) is -1.13. The Bertz CT molecular complexity index is 1020. The summed E-state index contributed by atoms with van der Waals surface area (Å²) in [6, 6.07) is 16.8. The van der Waals surface area contributed by atoms with Crippen molar-refractivity contribution in [2.75, 3.05) is 24.5 Å². The normalized spacial score (nSPS) is 17.4. The summed E-state index contributed by atoms with van der Waals surface area (Å²) in [6.45, 7) is 2.55. The molecule has 1 fully saturated rings. The number of hydrogen-bond donors (Lipinski definition) is 0. The van der Waals surface area contributed by atoms with Crippen molar-refractivity contribution in [3.63, 3.8) is 0 Å². The van der Waals surface area contributed by atoms with E-state index in [0.717, 1.165) is 23.9 Å². The van der Waals surface area contributed by atoms with E-state index in [0.29, 0.717) is 40.3 Å². The first-order valence-electron chi connectivity index (χ1n) is 9.53. The predicted molar refractivity (Wildman–Crippen MR) is 120 cm³/mol. The molecule has 1 saturated heterocycles. The lowest BCUT2D eigenvalue weighted by molar-refractivity contribution is 0.215. The fraction of sp³-hybridized carbons (Fsp3) is 0.217. The van der Waals surface area contributed by atoms with E-state index in [1.807, 2.05) is 36.4 Å². The van der Waals surface area contributed by atoms with Crippen LogP contribution in [0.15, 0.2) is 60.7 Å². The Hall–Kier alpha value is -1.85. The number of piperazine rings is 1. The highest BCUT2D eigenvalue weighted by Gasteiger charge is 2.30. The summed E-state index contributed by atoms with van der Waals surface area (Å²) in [6.07, 6.45) is 0. The van der Waals surface area contributed by atoms with Crippen LogP contribution in [-0.4, -0.2) is 24.5 Å². The monoisotopic (exact) mass is 466 g/mol. The van der Waals surface area contributed by atoms with Gasteiger partial charge in [0, 0.05) is 42.3 Å². The van der Waals surface area contributed by atoms with Crippen LogP contribution in [0.2, 0.25) is 15.1 Å². The summed E-state index contributed by atoms with van der Waals surface area (Å²) in [4.78, 5) is 4.43. The van der Waals surface area contributed by atoms with Gasteiger partial charge >= 0.3 is 0 Å². The van der Waals surface area contributed by atoms with E-state index in [1.165, 1.54) is 12.1 Å². The summed E-state index contributed by atoms with van der Waals surface area (Å²) in [7, 11) is 0. The predicted octanol–water partition coefficient (Wildman–Crippen LogP) is 6.99. The molecule has 3 aromatic carbocycles. The molecule has 1 aliphatic heterocycles. The van der Waals surface area contributed by atoms with Crippen molar-refractivity contribution in [1.29, 1.82) is 0 Å². The van der Waals surface area contributed by atoms with E-state index in [4.69, 9.17) is 34.8 Å². The van der Waals surface area contributed by atoms with Crippen molar-refractivity contribution in [3.8, 4) is 0 Å². The summed E-state index contributed by atoms with van der Waals surface area (Å²) < 4.78 is 27.2. The topological polar surface area (TPSA) is 6.48 Å². The maximum atomic E-state index is 13.6. The van der Waals surface area contributed by atoms with Crippen molar-refractivity contribution in [3.05, 3.63) is 98.5 Å². The molecule has 0 aromatic heterocycles. The number of nitrogens with zero attached hydrogens (tertiary/aromatic N) is 2. The van der Waals surface area contributed by atoms with E-state index in [-0.39, 0.29) is 6.04 Å². The van der Waals surface area contributed by atoms with Crippen LogP contribution < -0.4 is 4.90 Å². The molecule has 1 unspecified atom stereocenters. The molecule has 156 valence electrons. The molecule has 2 nitrogen and oxygen atoms in total. The summed E-state index contributed by atoms with van der Waals surface area (Å²) in [5.41, 5.74) is 2.60. The Morgan fingerprint density at radius 1 is 0.800 bits per heavy atom. The van der Waals surface area contributed by atoms with Gasteiger partial charge in [-0.15, -0.1) is 0 Å². The highest BCUT2D eigenvalue weighted by atomic mass is 35.5. The second-order valence-corrected chi connectivity index (χ2v) is 8.65. The second-order valence-electron chi connectivity index (χ2n) is 7.37. The van der Waals surface area contributed by atoms with Gasteiger partial charge in [-0.1, -0.05) is 46.9 Å². The third-order valence-electron chi connectivity index (χ3n) is 5.27. The standard InChI is InChI=1S/C23H19Cl3F2N2/c24-17-3-1-16(2-4-17)23-14-29(13-15-9-19(27)12-20(28)10-15)7-8-30(23)22-6-5-18(25)11-21(22)26/h1-6,9-12,23H,7-8,13-14H2. The van der Waals surface area contributed by atoms with Gasteiger partial charge in [0.15, 0.2) is 0 Å². The van der Waals surface area contributed by atoms with Crippen molar-refractivity contribution in [2.45, 2.75) is 12.6 Å². The highest BCUT2D eigenvalue weighted by Crippen LogP contribution is 2.37. The van der Waals surface area contributed by atoms with Crippen molar-refractivity contribution >= 4 is 40.5 Å². The third kappa shape index (κ3) is 4.89. The highest BCUT2D eigenvalue weighted by molar-refractivity contribution is 6.36. The van der Waals surface area contributed by atoms with Gasteiger partial charge in [-0.2, -0.15) is 0 Å². The van der Waals surface area contributed by atoms with Crippen LogP contribution in [0.5, 0.6) is 0 Å². The van der Waals surface area contributed by atoms with Gasteiger partial charge in [0.05, 0.1) is 16.8 Å². The second kappa shape index (κ2) is 9.11. The zero-order valence-corrected chi connectivity index (χ0v) is 18.2. The van der Waals surface area contributed by atoms with Gasteiger partial charge in [0.25, 0.3) is 0 Å². The molecule has 0 aliphatic carbocycles. The van der Waals surface area contributed by atoms with Gasteiger partial charge in [0.1, 0.15) is 11.6 Å². The van der Waals surface area contributed by atoms with Crippen molar-refractivity contribution < 1.29 is 8.78 Å². The van der Waals surface area contributed by atoms with E-state index in [2.05, 4.69) is 9.80 Å². The molecule has 1 heterocycles. The van der Waals surface area contributed by atoms with Crippen LogP contribution in [0.1, 0.15) is 17.2 Å². The number of benzene rings is 3. The number of anilines is 1. The zero-order chi connectivity index (χ0) is 21.3. The minimum Gasteiger partial charge on any atom is -0.361 e. The molecular formula is C23H19Cl3F2N2. The Morgan fingerprint density at radius 2 is 1.47 bits per heavy atom. The SMILES string of the molecule is Fc1cc(F)cc(CN2CCN(c3ccc(Cl)cc3Cl)C(c3ccc(Cl)cc3)C2)c1. The maximum Gasteiger partial charge on any atom is 0.126 e. The van der Waals surface area contributed by atoms with E-state index in [9.17, 15) is 8.78 Å². The Kier molecular flexibility index (Phi) is 6.49. The number of rotatable bonds is 4. The molecule has 0 radical (unpaired) electrons. The van der Waals surface area contributed by atoms with Crippen LogP contribution in [0.3, 0.4) is 0 Å². The number of hydrogen-bond acceptors (Lipinski definition) is 2. The summed E-state index contributed by atoms with van der Waals surface area (Å²) in [5, 5.41) is 1.83. The largest absolute Gasteiger partial charge is 0.361 e. The van der Waals surface area contributed by atoms with Crippen molar-refractivity contribution in [2.24, 2.45) is 0 Å². The quantitative estimate of drug-likeness (QED) is 0.408. The van der Waals surface area contributed by atoms with E-state index in [1.54, 1.807) is 6.07 Å². The molecule has 1 aliphatic rings. The third-order valence-corrected chi connectivity index (χ3v) is 6.06. The lowest BCUT2D eigenvalue weighted by atomic mass is 10.0. The Labute approximate surface area is 189 Å². The number of halogens is 5. The minimum absolute atomic E-state index is 0.00639. The first-order chi connectivity index (χ1) is 14.4. The fourth-order valence-electron chi connectivity index (χ4n) is 3.92. The molecule has 0 saturated carbocycles. The van der Waals surface area contributed by atoms with E-state index >= 15 is 0 Å². The molecular weight excluding hydrogens is 449 g/mol. The van der Waals surface area contributed by atoms with Gasteiger partial charge in [-0.05, 0) is 53.6 Å². The molecule has 1 atom stereocenters. The molecule has 0 spiro atoms. The first-order valence-corrected chi connectivity index (χ1v) is 10.7. The zero-order valence-electron chi connectivity index (χ0n) is 16.0. The van der Waals surface area contributed by atoms with Gasteiger partial charge in [0.2, 0.25) is 0 Å². The summed E-state index contributed by atoms with van der Waals surface area (Å²) >= 11 is 18.7. The van der Waals surface area contributed by atoms with Gasteiger partial charge < -0.3 is 4.90 Å². The van der Waals surface area contributed by atoms with Crippen LogP contribution in [0.4, 0.5) is 14.5 Å². The molecule has 0 bridgehead atoms. The van der Waals surface area contributed by atoms with Crippen LogP contribution in [-0.2, 0) is 6.54 Å². The molecule has 0 amide bonds. The minimum atomic E-state index is -0.564. The molecule has 30 heavy (non-hydrogen) atoms.